The van der Waals surface area contributed by atoms with Gasteiger partial charge in [0.2, 0.25) is 0 Å². The standard InChI is InChI=1S/C16H13BrN4O2S/c1-23-11-4-2-3-10(7-11)9-18-21-16(22)13-8-12(19-20-13)14-5-6-15(17)24-14/h2-9H,1H3,(H,19,20)(H,21,22)/b18-9+. The van der Waals surface area contributed by atoms with Crippen molar-refractivity contribution >= 4 is 39.4 Å². The van der Waals surface area contributed by atoms with Crippen molar-refractivity contribution in [1.82, 2.24) is 15.6 Å². The molecule has 8 heteroatoms. The molecule has 1 amide bonds. The first kappa shape index (κ1) is 16.4. The maximum Gasteiger partial charge on any atom is 0.291 e. The molecule has 1 aromatic carbocycles. The average Bonchev–Trinajstić information content (AvgIpc) is 3.24. The molecule has 0 unspecified atom stereocenters. The number of aromatic amines is 1. The van der Waals surface area contributed by atoms with E-state index in [4.69, 9.17) is 4.74 Å². The molecule has 0 radical (unpaired) electrons. The number of nitrogens with one attached hydrogen (secondary N) is 2. The van der Waals surface area contributed by atoms with Gasteiger partial charge in [-0.15, -0.1) is 11.3 Å². The molecule has 0 aliphatic rings. The molecule has 3 rings (SSSR count). The number of halogens is 1. The largest absolute Gasteiger partial charge is 0.497 e. The van der Waals surface area contributed by atoms with Crippen LogP contribution in [0.15, 0.2) is 51.4 Å². The first-order valence-corrected chi connectivity index (χ1v) is 8.55. The first-order valence-electron chi connectivity index (χ1n) is 6.94. The number of benzene rings is 1. The highest BCUT2D eigenvalue weighted by Gasteiger charge is 2.11. The number of thiophene rings is 1. The van der Waals surface area contributed by atoms with Gasteiger partial charge in [0.1, 0.15) is 5.75 Å². The maximum absolute atomic E-state index is 12.1. The van der Waals surface area contributed by atoms with Crippen LogP contribution in [0.25, 0.3) is 10.6 Å². The fraction of sp³-hybridized carbons (Fsp3) is 0.0625. The molecule has 0 fully saturated rings. The number of aromatic nitrogens is 2. The minimum atomic E-state index is -0.382. The number of rotatable bonds is 5. The Bertz CT molecular complexity index is 888. The van der Waals surface area contributed by atoms with Gasteiger partial charge in [-0.25, -0.2) is 5.43 Å². The van der Waals surface area contributed by atoms with Crippen LogP contribution in [-0.4, -0.2) is 29.4 Å². The molecule has 2 N–H and O–H groups in total. The lowest BCUT2D eigenvalue weighted by molar-refractivity contribution is 0.0950. The molecule has 3 aromatic rings. The van der Waals surface area contributed by atoms with Crippen molar-refractivity contribution in [2.75, 3.05) is 7.11 Å². The second-order valence-corrected chi connectivity index (χ2v) is 7.21. The number of hydrazone groups is 1. The van der Waals surface area contributed by atoms with E-state index >= 15 is 0 Å². The number of hydrogen-bond donors (Lipinski definition) is 2. The highest BCUT2D eigenvalue weighted by Crippen LogP contribution is 2.30. The molecular weight excluding hydrogens is 392 g/mol. The molecule has 24 heavy (non-hydrogen) atoms. The summed E-state index contributed by atoms with van der Waals surface area (Å²) in [6.45, 7) is 0. The molecule has 6 nitrogen and oxygen atoms in total. The number of H-pyrrole nitrogens is 1. The Morgan fingerprint density at radius 1 is 1.38 bits per heavy atom. The summed E-state index contributed by atoms with van der Waals surface area (Å²) in [5, 5.41) is 10.8. The second-order valence-electron chi connectivity index (χ2n) is 4.75. The molecule has 122 valence electrons. The van der Waals surface area contributed by atoms with Gasteiger partial charge >= 0.3 is 0 Å². The molecule has 2 heterocycles. The molecule has 0 bridgehead atoms. The molecular formula is C16H13BrN4O2S. The predicted molar refractivity (Wildman–Crippen MR) is 97.7 cm³/mol. The highest BCUT2D eigenvalue weighted by atomic mass is 79.9. The Hall–Kier alpha value is -2.45. The van der Waals surface area contributed by atoms with Crippen LogP contribution in [-0.2, 0) is 0 Å². The SMILES string of the molecule is COc1cccc(/C=N/NC(=O)c2cc(-c3ccc(Br)s3)[nH]n2)c1. The number of hydrogen-bond acceptors (Lipinski definition) is 5. The Labute approximate surface area is 150 Å². The first-order chi connectivity index (χ1) is 11.7. The van der Waals surface area contributed by atoms with Gasteiger partial charge in [0, 0.05) is 0 Å². The Balaban J connectivity index is 1.65. The zero-order valence-corrected chi connectivity index (χ0v) is 15.0. The van der Waals surface area contributed by atoms with Crippen molar-refractivity contribution in [3.05, 3.63) is 57.5 Å². The van der Waals surface area contributed by atoms with Gasteiger partial charge in [-0.05, 0) is 51.8 Å². The minimum absolute atomic E-state index is 0.275. The van der Waals surface area contributed by atoms with E-state index in [0.717, 1.165) is 25.7 Å². The third-order valence-electron chi connectivity index (χ3n) is 3.12. The molecule has 0 saturated heterocycles. The van der Waals surface area contributed by atoms with Crippen LogP contribution in [0.4, 0.5) is 0 Å². The van der Waals surface area contributed by atoms with Crippen LogP contribution in [0.2, 0.25) is 0 Å². The van der Waals surface area contributed by atoms with E-state index < -0.39 is 0 Å². The third kappa shape index (κ3) is 3.90. The normalized spacial score (nSPS) is 10.9. The average molecular weight is 405 g/mol. The van der Waals surface area contributed by atoms with Crippen molar-refractivity contribution in [2.45, 2.75) is 0 Å². The van der Waals surface area contributed by atoms with E-state index in [-0.39, 0.29) is 11.6 Å². The summed E-state index contributed by atoms with van der Waals surface area (Å²) in [5.41, 5.74) is 4.34. The van der Waals surface area contributed by atoms with E-state index in [0.29, 0.717) is 0 Å². The number of carbonyl (C=O) groups excluding carboxylic acids is 1. The summed E-state index contributed by atoms with van der Waals surface area (Å²) in [4.78, 5) is 13.1. The molecule has 2 aromatic heterocycles. The van der Waals surface area contributed by atoms with Gasteiger partial charge in [0.25, 0.3) is 5.91 Å². The summed E-state index contributed by atoms with van der Waals surface area (Å²) < 4.78 is 6.15. The van der Waals surface area contributed by atoms with Gasteiger partial charge in [-0.3, -0.25) is 9.89 Å². The number of carbonyl (C=O) groups is 1. The van der Waals surface area contributed by atoms with E-state index in [1.54, 1.807) is 30.7 Å². The molecule has 0 aliphatic heterocycles. The smallest absolute Gasteiger partial charge is 0.291 e. The van der Waals surface area contributed by atoms with Crippen LogP contribution >= 0.6 is 27.3 Å². The lowest BCUT2D eigenvalue weighted by atomic mass is 10.2. The van der Waals surface area contributed by atoms with Crippen LogP contribution < -0.4 is 10.2 Å². The molecule has 0 saturated carbocycles. The molecule has 0 atom stereocenters. The van der Waals surface area contributed by atoms with Gasteiger partial charge in [0.15, 0.2) is 5.69 Å². The van der Waals surface area contributed by atoms with Crippen molar-refractivity contribution in [3.8, 4) is 16.3 Å². The van der Waals surface area contributed by atoms with E-state index in [9.17, 15) is 4.79 Å². The summed E-state index contributed by atoms with van der Waals surface area (Å²) in [6, 6.07) is 12.9. The molecule has 0 spiro atoms. The minimum Gasteiger partial charge on any atom is -0.497 e. The number of nitrogens with zero attached hydrogens (tertiary/aromatic N) is 2. The second kappa shape index (κ2) is 7.41. The Kier molecular flexibility index (Phi) is 5.07. The third-order valence-corrected chi connectivity index (χ3v) is 4.78. The summed E-state index contributed by atoms with van der Waals surface area (Å²) in [6.07, 6.45) is 1.55. The van der Waals surface area contributed by atoms with Crippen LogP contribution in [0.5, 0.6) is 5.75 Å². The maximum atomic E-state index is 12.1. The predicted octanol–water partition coefficient (Wildman–Crippen LogP) is 3.67. The molecule has 0 aliphatic carbocycles. The quantitative estimate of drug-likeness (QED) is 0.502. The van der Waals surface area contributed by atoms with Crippen LogP contribution in [0.3, 0.4) is 0 Å². The topological polar surface area (TPSA) is 79.4 Å². The van der Waals surface area contributed by atoms with Gasteiger partial charge in [-0.1, -0.05) is 12.1 Å². The number of ether oxygens (including phenoxy) is 1. The lowest BCUT2D eigenvalue weighted by Gasteiger charge is -1.99. The van der Waals surface area contributed by atoms with Gasteiger partial charge in [-0.2, -0.15) is 10.2 Å². The van der Waals surface area contributed by atoms with Crippen molar-refractivity contribution in [1.29, 1.82) is 0 Å². The summed E-state index contributed by atoms with van der Waals surface area (Å²) in [5.74, 6) is 0.344. The van der Waals surface area contributed by atoms with Crippen molar-refractivity contribution in [2.24, 2.45) is 5.10 Å². The van der Waals surface area contributed by atoms with Crippen molar-refractivity contribution in [3.63, 3.8) is 0 Å². The lowest BCUT2D eigenvalue weighted by Crippen LogP contribution is -2.17. The zero-order chi connectivity index (χ0) is 16.9. The van der Waals surface area contributed by atoms with Crippen LogP contribution in [0, 0.1) is 0 Å². The summed E-state index contributed by atoms with van der Waals surface area (Å²) in [7, 11) is 1.60. The number of amides is 1. The Morgan fingerprint density at radius 2 is 2.25 bits per heavy atom. The van der Waals surface area contributed by atoms with Gasteiger partial charge in [0.05, 0.1) is 27.7 Å². The van der Waals surface area contributed by atoms with E-state index in [1.165, 1.54) is 0 Å². The summed E-state index contributed by atoms with van der Waals surface area (Å²) >= 11 is 4.97. The Morgan fingerprint density at radius 3 is 3.00 bits per heavy atom. The van der Waals surface area contributed by atoms with Crippen LogP contribution in [0.1, 0.15) is 16.1 Å². The highest BCUT2D eigenvalue weighted by molar-refractivity contribution is 9.11. The van der Waals surface area contributed by atoms with Gasteiger partial charge < -0.3 is 4.74 Å². The van der Waals surface area contributed by atoms with Crippen molar-refractivity contribution < 1.29 is 9.53 Å². The zero-order valence-electron chi connectivity index (χ0n) is 12.6. The van der Waals surface area contributed by atoms with E-state index in [2.05, 4.69) is 36.7 Å². The fourth-order valence-corrected chi connectivity index (χ4v) is 3.32. The fourth-order valence-electron chi connectivity index (χ4n) is 1.97. The monoisotopic (exact) mass is 404 g/mol. The van der Waals surface area contributed by atoms with E-state index in [1.807, 2.05) is 36.4 Å². The number of methoxy groups -OCH3 is 1.